The van der Waals surface area contributed by atoms with Crippen molar-refractivity contribution < 1.29 is 5.11 Å². The minimum atomic E-state index is 0. The highest BCUT2D eigenvalue weighted by Crippen LogP contribution is 2.43. The molecule has 2 aliphatic rings. The predicted octanol–water partition coefficient (Wildman–Crippen LogP) is 2.98. The lowest BCUT2D eigenvalue weighted by atomic mass is 9.77. The van der Waals surface area contributed by atoms with Gasteiger partial charge < -0.3 is 10.4 Å². The summed E-state index contributed by atoms with van der Waals surface area (Å²) in [6.07, 6.45) is 2.33. The van der Waals surface area contributed by atoms with Crippen LogP contribution in [0.4, 0.5) is 0 Å². The summed E-state index contributed by atoms with van der Waals surface area (Å²) in [7, 11) is 0. The second-order valence-electron chi connectivity index (χ2n) is 4.53. The van der Waals surface area contributed by atoms with E-state index >= 15 is 0 Å². The summed E-state index contributed by atoms with van der Waals surface area (Å²) in [6, 6.07) is 3.91. The van der Waals surface area contributed by atoms with E-state index in [9.17, 15) is 5.11 Å². The average Bonchev–Trinajstić information content (AvgIpc) is 2.71. The van der Waals surface area contributed by atoms with Gasteiger partial charge in [-0.25, -0.2) is 0 Å². The zero-order chi connectivity index (χ0) is 10.4. The summed E-state index contributed by atoms with van der Waals surface area (Å²) in [5.74, 6) is 1.83. The van der Waals surface area contributed by atoms with Crippen molar-refractivity contribution in [2.24, 2.45) is 5.92 Å². The number of rotatable bonds is 0. The molecule has 1 fully saturated rings. The minimum absolute atomic E-state index is 0. The number of phenolic OH excluding ortho intramolecular Hbond substituents is 1. The topological polar surface area (TPSA) is 32.3 Å². The number of fused-ring (bicyclic) bond motifs is 3. The molecule has 1 saturated heterocycles. The molecule has 0 radical (unpaired) electrons. The van der Waals surface area contributed by atoms with Gasteiger partial charge in [-0.3, -0.25) is 0 Å². The number of hydrogen-bond donors (Lipinski definition) is 2. The van der Waals surface area contributed by atoms with Crippen molar-refractivity contribution in [3.8, 4) is 5.75 Å². The van der Waals surface area contributed by atoms with Crippen LogP contribution in [0.2, 0.25) is 0 Å². The average molecular weight is 349 g/mol. The number of nitrogens with one attached hydrogen (secondary N) is 1. The summed E-state index contributed by atoms with van der Waals surface area (Å²) in [4.78, 5) is 0. The van der Waals surface area contributed by atoms with Gasteiger partial charge in [0.1, 0.15) is 5.75 Å². The summed E-state index contributed by atoms with van der Waals surface area (Å²) >= 11 is 3.49. The maximum absolute atomic E-state index is 9.65. The Bertz CT molecular complexity index is 408. The summed E-state index contributed by atoms with van der Waals surface area (Å²) < 4.78 is 0.908. The summed E-state index contributed by atoms with van der Waals surface area (Å²) in [6.45, 7) is 2.25. The van der Waals surface area contributed by atoms with Crippen LogP contribution >= 0.6 is 32.9 Å². The number of hydrogen-bond acceptors (Lipinski definition) is 2. The lowest BCUT2D eigenvalue weighted by Gasteiger charge is -2.28. The molecule has 4 heteroatoms. The third-order valence-electron chi connectivity index (χ3n) is 3.76. The summed E-state index contributed by atoms with van der Waals surface area (Å²) in [5.41, 5.74) is 2.75. The number of aromatic hydroxyl groups is 1. The molecule has 1 aromatic carbocycles. The van der Waals surface area contributed by atoms with Crippen molar-refractivity contribution in [2.45, 2.75) is 18.8 Å². The first kappa shape index (κ1) is 12.4. The van der Waals surface area contributed by atoms with Crippen LogP contribution in [0.15, 0.2) is 16.6 Å². The zero-order valence-corrected chi connectivity index (χ0v) is 12.2. The molecular formula is C12H15Br2NO. The number of phenols is 1. The van der Waals surface area contributed by atoms with Crippen molar-refractivity contribution >= 4 is 32.9 Å². The van der Waals surface area contributed by atoms with Gasteiger partial charge in [0.15, 0.2) is 0 Å². The Kier molecular flexibility index (Phi) is 3.62. The highest BCUT2D eigenvalue weighted by molar-refractivity contribution is 9.10. The van der Waals surface area contributed by atoms with Gasteiger partial charge in [-0.1, -0.05) is 6.07 Å². The molecule has 0 amide bonds. The van der Waals surface area contributed by atoms with Gasteiger partial charge in [-0.05, 0) is 58.4 Å². The third kappa shape index (κ3) is 1.81. The SMILES string of the molecule is Br.Oc1ccc2c(c1Br)CCC1CNCC21. The lowest BCUT2D eigenvalue weighted by Crippen LogP contribution is -2.19. The Morgan fingerprint density at radius 3 is 2.94 bits per heavy atom. The Balaban J connectivity index is 0.000000963. The molecule has 2 nitrogen and oxygen atoms in total. The Labute approximate surface area is 114 Å². The van der Waals surface area contributed by atoms with Crippen LogP contribution in [-0.2, 0) is 6.42 Å². The van der Waals surface area contributed by atoms with Crippen LogP contribution in [0.1, 0.15) is 23.5 Å². The summed E-state index contributed by atoms with van der Waals surface area (Å²) in [5, 5.41) is 13.1. The van der Waals surface area contributed by atoms with Gasteiger partial charge in [-0.2, -0.15) is 0 Å². The molecule has 1 aromatic rings. The van der Waals surface area contributed by atoms with Gasteiger partial charge in [0.2, 0.25) is 0 Å². The molecule has 2 unspecified atom stereocenters. The van der Waals surface area contributed by atoms with Gasteiger partial charge in [0.05, 0.1) is 4.47 Å². The van der Waals surface area contributed by atoms with Gasteiger partial charge in [0, 0.05) is 12.5 Å². The molecule has 88 valence electrons. The maximum Gasteiger partial charge on any atom is 0.130 e. The number of halogens is 2. The van der Waals surface area contributed by atoms with E-state index in [1.807, 2.05) is 6.07 Å². The first-order chi connectivity index (χ1) is 7.27. The molecule has 0 aromatic heterocycles. The molecule has 0 saturated carbocycles. The molecule has 1 aliphatic heterocycles. The Morgan fingerprint density at radius 2 is 2.12 bits per heavy atom. The Hall–Kier alpha value is -0.0600. The normalized spacial score (nSPS) is 26.8. The van der Waals surface area contributed by atoms with E-state index in [1.54, 1.807) is 0 Å². The predicted molar refractivity (Wildman–Crippen MR) is 73.6 cm³/mol. The van der Waals surface area contributed by atoms with Crippen molar-refractivity contribution in [1.82, 2.24) is 5.32 Å². The molecule has 1 aliphatic carbocycles. The molecule has 16 heavy (non-hydrogen) atoms. The van der Waals surface area contributed by atoms with Crippen LogP contribution < -0.4 is 5.32 Å². The maximum atomic E-state index is 9.65. The first-order valence-electron chi connectivity index (χ1n) is 5.48. The molecule has 3 rings (SSSR count). The monoisotopic (exact) mass is 347 g/mol. The standard InChI is InChI=1S/C12H14BrNO.BrH/c13-12-9-2-1-7-5-14-6-10(7)8(9)3-4-11(12)15;/h3-4,7,10,14-15H,1-2,5-6H2;1H. The van der Waals surface area contributed by atoms with Crippen LogP contribution in [0, 0.1) is 5.92 Å². The smallest absolute Gasteiger partial charge is 0.130 e. The first-order valence-corrected chi connectivity index (χ1v) is 6.27. The van der Waals surface area contributed by atoms with E-state index in [0.29, 0.717) is 11.7 Å². The fourth-order valence-electron chi connectivity index (χ4n) is 2.96. The van der Waals surface area contributed by atoms with E-state index in [0.717, 1.165) is 29.9 Å². The van der Waals surface area contributed by atoms with E-state index in [1.165, 1.54) is 17.5 Å². The molecule has 2 atom stereocenters. The molecule has 0 spiro atoms. The highest BCUT2D eigenvalue weighted by Gasteiger charge is 2.34. The fourth-order valence-corrected chi connectivity index (χ4v) is 3.51. The quantitative estimate of drug-likeness (QED) is 0.755. The van der Waals surface area contributed by atoms with Crippen molar-refractivity contribution in [1.29, 1.82) is 0 Å². The van der Waals surface area contributed by atoms with Crippen LogP contribution in [-0.4, -0.2) is 18.2 Å². The van der Waals surface area contributed by atoms with Crippen molar-refractivity contribution in [3.05, 3.63) is 27.7 Å². The molecule has 0 bridgehead atoms. The van der Waals surface area contributed by atoms with Crippen molar-refractivity contribution in [2.75, 3.05) is 13.1 Å². The van der Waals surface area contributed by atoms with E-state index in [-0.39, 0.29) is 17.0 Å². The lowest BCUT2D eigenvalue weighted by molar-refractivity contribution is 0.440. The second-order valence-corrected chi connectivity index (χ2v) is 5.32. The van der Waals surface area contributed by atoms with Crippen LogP contribution in [0.5, 0.6) is 5.75 Å². The van der Waals surface area contributed by atoms with E-state index < -0.39 is 0 Å². The third-order valence-corrected chi connectivity index (χ3v) is 4.65. The van der Waals surface area contributed by atoms with E-state index in [4.69, 9.17) is 0 Å². The largest absolute Gasteiger partial charge is 0.507 e. The van der Waals surface area contributed by atoms with E-state index in [2.05, 4.69) is 27.3 Å². The molecule has 1 heterocycles. The molecule has 2 N–H and O–H groups in total. The Morgan fingerprint density at radius 1 is 1.31 bits per heavy atom. The second kappa shape index (κ2) is 4.67. The van der Waals surface area contributed by atoms with Gasteiger partial charge >= 0.3 is 0 Å². The molecular weight excluding hydrogens is 334 g/mol. The zero-order valence-electron chi connectivity index (χ0n) is 8.87. The minimum Gasteiger partial charge on any atom is -0.507 e. The highest BCUT2D eigenvalue weighted by atomic mass is 79.9. The van der Waals surface area contributed by atoms with Crippen LogP contribution in [0.3, 0.4) is 0 Å². The number of benzene rings is 1. The van der Waals surface area contributed by atoms with Gasteiger partial charge in [-0.15, -0.1) is 17.0 Å². The fraction of sp³-hybridized carbons (Fsp3) is 0.500. The van der Waals surface area contributed by atoms with Crippen LogP contribution in [0.25, 0.3) is 0 Å². The van der Waals surface area contributed by atoms with Gasteiger partial charge in [0.25, 0.3) is 0 Å². The van der Waals surface area contributed by atoms with Crippen molar-refractivity contribution in [3.63, 3.8) is 0 Å².